The van der Waals surface area contributed by atoms with Crippen molar-refractivity contribution in [1.82, 2.24) is 0 Å². The van der Waals surface area contributed by atoms with Gasteiger partial charge in [0.2, 0.25) is 0 Å². The summed E-state index contributed by atoms with van der Waals surface area (Å²) in [4.78, 5) is 0. The summed E-state index contributed by atoms with van der Waals surface area (Å²) in [6, 6.07) is 110. The fraction of sp³-hybridized carbons (Fsp3) is 0. The Hall–Kier alpha value is -10.6. The van der Waals surface area contributed by atoms with Crippen molar-refractivity contribution in [1.29, 1.82) is 0 Å². The maximum atomic E-state index is 6.48. The van der Waals surface area contributed by atoms with E-state index in [0.29, 0.717) is 0 Å². The zero-order chi connectivity index (χ0) is 53.4. The van der Waals surface area contributed by atoms with E-state index in [9.17, 15) is 0 Å². The number of fused-ring (bicyclic) bond motifs is 11. The van der Waals surface area contributed by atoms with Crippen molar-refractivity contribution in [3.63, 3.8) is 0 Å². The molecule has 1 heterocycles. The standard InChI is InChI=1S/C40H24O.C40H26/c1-2-11-26-22-29(21-20-25(26)10-1)38-30-14-5-7-16-32(30)39(33-17-8-6-15-31(33)38)34-18-9-19-36-40(34)35-23-27-12-3-4-13-28(27)24-37(35)41-36;1-2-12-31-26-32(25-22-27(31)10-1)28-20-23-30(24-21-28)39-35-15-5-7-17-37(35)40(38-18-8-6-16-36(38)39)34-19-9-13-29-11-3-4-14-33(29)34/h1-24H;1-26H. The second-order valence-corrected chi connectivity index (χ2v) is 21.4. The molecule has 376 valence electrons. The monoisotopic (exact) mass is 1030 g/mol. The van der Waals surface area contributed by atoms with Crippen LogP contribution in [-0.2, 0) is 0 Å². The number of hydrogen-bond acceptors (Lipinski definition) is 1. The molecule has 0 radical (unpaired) electrons. The molecule has 0 aliphatic rings. The van der Waals surface area contributed by atoms with Crippen LogP contribution in [0.1, 0.15) is 0 Å². The Bertz CT molecular complexity index is 5230. The first kappa shape index (κ1) is 46.5. The molecule has 16 aromatic carbocycles. The predicted octanol–water partition coefficient (Wildman–Crippen LogP) is 22.8. The van der Waals surface area contributed by atoms with E-state index in [1.54, 1.807) is 0 Å². The van der Waals surface area contributed by atoms with Crippen LogP contribution in [0.15, 0.2) is 308 Å². The lowest BCUT2D eigenvalue weighted by Gasteiger charge is -2.19. The van der Waals surface area contributed by atoms with Crippen molar-refractivity contribution in [3.05, 3.63) is 303 Å². The summed E-state index contributed by atoms with van der Waals surface area (Å²) in [6.45, 7) is 0. The summed E-state index contributed by atoms with van der Waals surface area (Å²) >= 11 is 0. The molecule has 0 N–H and O–H groups in total. The first-order valence-electron chi connectivity index (χ1n) is 28.0. The molecule has 0 unspecified atom stereocenters. The lowest BCUT2D eigenvalue weighted by molar-refractivity contribution is 0.669. The van der Waals surface area contributed by atoms with Crippen molar-refractivity contribution in [2.45, 2.75) is 0 Å². The van der Waals surface area contributed by atoms with Gasteiger partial charge in [0.25, 0.3) is 0 Å². The highest BCUT2D eigenvalue weighted by Gasteiger charge is 2.22. The van der Waals surface area contributed by atoms with Crippen LogP contribution < -0.4 is 0 Å². The normalized spacial score (nSPS) is 11.7. The van der Waals surface area contributed by atoms with Gasteiger partial charge in [0.1, 0.15) is 11.2 Å². The molecule has 0 atom stereocenters. The van der Waals surface area contributed by atoms with Gasteiger partial charge in [0.15, 0.2) is 0 Å². The molecule has 1 nitrogen and oxygen atoms in total. The van der Waals surface area contributed by atoms with Crippen molar-refractivity contribution in [2.75, 3.05) is 0 Å². The van der Waals surface area contributed by atoms with Crippen LogP contribution in [0.5, 0.6) is 0 Å². The minimum Gasteiger partial charge on any atom is -0.456 e. The number of hydrogen-bond donors (Lipinski definition) is 0. The molecule has 0 fully saturated rings. The third-order valence-corrected chi connectivity index (χ3v) is 16.8. The van der Waals surface area contributed by atoms with E-state index in [0.717, 1.165) is 16.6 Å². The van der Waals surface area contributed by atoms with Crippen molar-refractivity contribution in [3.8, 4) is 55.6 Å². The van der Waals surface area contributed by atoms with E-state index in [1.165, 1.54) is 147 Å². The summed E-state index contributed by atoms with van der Waals surface area (Å²) in [5.41, 5.74) is 14.4. The van der Waals surface area contributed by atoms with E-state index < -0.39 is 0 Å². The summed E-state index contributed by atoms with van der Waals surface area (Å²) in [5, 5.41) is 22.5. The van der Waals surface area contributed by atoms with Gasteiger partial charge in [-0.1, -0.05) is 273 Å². The van der Waals surface area contributed by atoms with Crippen LogP contribution in [0, 0.1) is 0 Å². The molecule has 0 bridgehead atoms. The molecular formula is C80H50O. The van der Waals surface area contributed by atoms with Crippen LogP contribution in [0.4, 0.5) is 0 Å². The topological polar surface area (TPSA) is 13.1 Å². The summed E-state index contributed by atoms with van der Waals surface area (Å²) in [5.74, 6) is 0. The molecule has 81 heavy (non-hydrogen) atoms. The fourth-order valence-corrected chi connectivity index (χ4v) is 13.2. The van der Waals surface area contributed by atoms with Gasteiger partial charge < -0.3 is 4.42 Å². The average molecular weight is 1030 g/mol. The molecule has 1 heteroatoms. The van der Waals surface area contributed by atoms with Gasteiger partial charge in [-0.05, 0) is 172 Å². The molecule has 17 rings (SSSR count). The Morgan fingerprint density at radius 1 is 0.173 bits per heavy atom. The Labute approximate surface area is 468 Å². The Balaban J connectivity index is 0.000000134. The maximum absolute atomic E-state index is 6.48. The van der Waals surface area contributed by atoms with Crippen LogP contribution in [0.3, 0.4) is 0 Å². The van der Waals surface area contributed by atoms with Gasteiger partial charge >= 0.3 is 0 Å². The number of benzene rings is 16. The lowest BCUT2D eigenvalue weighted by atomic mass is 9.84. The highest BCUT2D eigenvalue weighted by atomic mass is 16.3. The van der Waals surface area contributed by atoms with Crippen LogP contribution in [0.2, 0.25) is 0 Å². The quantitative estimate of drug-likeness (QED) is 0.157. The van der Waals surface area contributed by atoms with E-state index in [2.05, 4.69) is 303 Å². The molecular weight excluding hydrogens is 977 g/mol. The minimum atomic E-state index is 0.916. The molecule has 0 aliphatic carbocycles. The van der Waals surface area contributed by atoms with Crippen molar-refractivity contribution in [2.24, 2.45) is 0 Å². The largest absolute Gasteiger partial charge is 0.456 e. The van der Waals surface area contributed by atoms with E-state index >= 15 is 0 Å². The molecule has 0 aliphatic heterocycles. The van der Waals surface area contributed by atoms with Crippen molar-refractivity contribution >= 4 is 108 Å². The van der Waals surface area contributed by atoms with Gasteiger partial charge in [-0.15, -0.1) is 0 Å². The fourth-order valence-electron chi connectivity index (χ4n) is 13.2. The number of furan rings is 1. The second-order valence-electron chi connectivity index (χ2n) is 21.4. The molecule has 0 spiro atoms. The van der Waals surface area contributed by atoms with Crippen LogP contribution in [-0.4, -0.2) is 0 Å². The smallest absolute Gasteiger partial charge is 0.136 e. The Kier molecular flexibility index (Phi) is 11.0. The van der Waals surface area contributed by atoms with Gasteiger partial charge in [0, 0.05) is 10.8 Å². The second kappa shape index (κ2) is 19.1. The Morgan fingerprint density at radius 3 is 1.09 bits per heavy atom. The van der Waals surface area contributed by atoms with E-state index in [1.807, 2.05) is 0 Å². The first-order valence-corrected chi connectivity index (χ1v) is 28.0. The molecule has 1 aromatic heterocycles. The SMILES string of the molecule is c1ccc2cc(-c3c4ccccc4c(-c4cccc5oc6cc7ccccc7cc6c45)c4ccccc34)ccc2c1.c1ccc2cc(-c3ccc(-c4c5ccccc5c(-c5cccc6ccccc56)c5ccccc45)cc3)ccc2c1. The average Bonchev–Trinajstić information content (AvgIpc) is 4.07. The van der Waals surface area contributed by atoms with E-state index in [4.69, 9.17) is 4.42 Å². The molecule has 0 amide bonds. The zero-order valence-electron chi connectivity index (χ0n) is 44.3. The Morgan fingerprint density at radius 2 is 0.531 bits per heavy atom. The third-order valence-electron chi connectivity index (χ3n) is 16.8. The van der Waals surface area contributed by atoms with Crippen LogP contribution >= 0.6 is 0 Å². The molecule has 0 saturated carbocycles. The van der Waals surface area contributed by atoms with Gasteiger partial charge in [-0.3, -0.25) is 0 Å². The summed E-state index contributed by atoms with van der Waals surface area (Å²) in [6.07, 6.45) is 0. The number of rotatable bonds is 5. The lowest BCUT2D eigenvalue weighted by Crippen LogP contribution is -1.91. The van der Waals surface area contributed by atoms with Gasteiger partial charge in [-0.2, -0.15) is 0 Å². The van der Waals surface area contributed by atoms with Gasteiger partial charge in [0.05, 0.1) is 0 Å². The highest BCUT2D eigenvalue weighted by Crippen LogP contribution is 2.49. The van der Waals surface area contributed by atoms with Gasteiger partial charge in [-0.25, -0.2) is 0 Å². The zero-order valence-corrected chi connectivity index (χ0v) is 44.3. The predicted molar refractivity (Wildman–Crippen MR) is 347 cm³/mol. The van der Waals surface area contributed by atoms with Crippen LogP contribution in [0.25, 0.3) is 164 Å². The molecule has 17 aromatic rings. The minimum absolute atomic E-state index is 0.916. The summed E-state index contributed by atoms with van der Waals surface area (Å²) < 4.78 is 6.48. The first-order chi connectivity index (χ1) is 40.2. The summed E-state index contributed by atoms with van der Waals surface area (Å²) in [7, 11) is 0. The third kappa shape index (κ3) is 7.77. The van der Waals surface area contributed by atoms with Crippen molar-refractivity contribution < 1.29 is 4.42 Å². The highest BCUT2D eigenvalue weighted by molar-refractivity contribution is 6.27. The molecule has 0 saturated heterocycles. The van der Waals surface area contributed by atoms with E-state index in [-0.39, 0.29) is 0 Å². The maximum Gasteiger partial charge on any atom is 0.136 e.